The Hall–Kier alpha value is -1.00. The van der Waals surface area contributed by atoms with Gasteiger partial charge in [-0.05, 0) is 26.8 Å². The summed E-state index contributed by atoms with van der Waals surface area (Å²) in [6, 6.07) is 1.53. The molecule has 0 aromatic carbocycles. The van der Waals surface area contributed by atoms with Gasteiger partial charge in [0.15, 0.2) is 0 Å². The standard InChI is InChI=1S/C11H17ClN2O2/c1-7(2)14-5-9(12)4-10(14)11(16)13-8(3)6-15/h4-5,7-8,15H,6H2,1-3H3,(H,13,16)/t8-/m0/s1. The molecule has 0 aliphatic heterocycles. The third-order valence-electron chi connectivity index (χ3n) is 2.26. The van der Waals surface area contributed by atoms with Gasteiger partial charge in [-0.15, -0.1) is 0 Å². The number of nitrogens with one attached hydrogen (secondary N) is 1. The first-order valence-electron chi connectivity index (χ1n) is 5.24. The maximum Gasteiger partial charge on any atom is 0.268 e. The number of halogens is 1. The maximum absolute atomic E-state index is 11.9. The van der Waals surface area contributed by atoms with E-state index in [1.54, 1.807) is 19.2 Å². The van der Waals surface area contributed by atoms with E-state index in [4.69, 9.17) is 16.7 Å². The second kappa shape index (κ2) is 5.37. The lowest BCUT2D eigenvalue weighted by Gasteiger charge is -2.15. The van der Waals surface area contributed by atoms with E-state index >= 15 is 0 Å². The van der Waals surface area contributed by atoms with Gasteiger partial charge in [0.05, 0.1) is 11.6 Å². The molecule has 1 heterocycles. The summed E-state index contributed by atoms with van der Waals surface area (Å²) in [5.74, 6) is -0.220. The van der Waals surface area contributed by atoms with Crippen LogP contribution in [0.25, 0.3) is 0 Å². The van der Waals surface area contributed by atoms with Crippen molar-refractivity contribution in [3.8, 4) is 0 Å². The number of rotatable bonds is 4. The van der Waals surface area contributed by atoms with Crippen LogP contribution in [0.3, 0.4) is 0 Å². The second-order valence-corrected chi connectivity index (χ2v) is 4.54. The van der Waals surface area contributed by atoms with E-state index in [1.807, 2.05) is 18.4 Å². The summed E-state index contributed by atoms with van der Waals surface area (Å²) in [5.41, 5.74) is 0.514. The summed E-state index contributed by atoms with van der Waals surface area (Å²) < 4.78 is 1.81. The van der Waals surface area contributed by atoms with Crippen molar-refractivity contribution in [2.24, 2.45) is 0 Å². The number of carbonyl (C=O) groups is 1. The summed E-state index contributed by atoms with van der Waals surface area (Å²) in [4.78, 5) is 11.9. The van der Waals surface area contributed by atoms with E-state index in [9.17, 15) is 4.79 Å². The minimum absolute atomic E-state index is 0.0815. The molecule has 0 radical (unpaired) electrons. The molecule has 1 rings (SSSR count). The molecule has 0 spiro atoms. The van der Waals surface area contributed by atoms with Gasteiger partial charge < -0.3 is 15.0 Å². The molecule has 1 amide bonds. The molecule has 0 aliphatic rings. The van der Waals surface area contributed by atoms with Crippen LogP contribution in [-0.2, 0) is 0 Å². The van der Waals surface area contributed by atoms with Crippen molar-refractivity contribution in [1.29, 1.82) is 0 Å². The molecule has 1 atom stereocenters. The first kappa shape index (κ1) is 13.1. The van der Waals surface area contributed by atoms with Crippen molar-refractivity contribution in [3.63, 3.8) is 0 Å². The number of aromatic nitrogens is 1. The normalized spacial score (nSPS) is 12.9. The predicted octanol–water partition coefficient (Wildman–Crippen LogP) is 1.83. The fourth-order valence-corrected chi connectivity index (χ4v) is 1.61. The van der Waals surface area contributed by atoms with Gasteiger partial charge in [-0.25, -0.2) is 0 Å². The highest BCUT2D eigenvalue weighted by atomic mass is 35.5. The molecule has 1 aromatic rings. The molecule has 0 saturated carbocycles. The Morgan fingerprint density at radius 3 is 2.69 bits per heavy atom. The molecule has 0 aliphatic carbocycles. The number of hydrogen-bond donors (Lipinski definition) is 2. The number of hydrogen-bond acceptors (Lipinski definition) is 2. The molecule has 0 saturated heterocycles. The van der Waals surface area contributed by atoms with Gasteiger partial charge in [0.1, 0.15) is 5.69 Å². The van der Waals surface area contributed by atoms with E-state index in [2.05, 4.69) is 5.32 Å². The SMILES string of the molecule is CC(C)n1cc(Cl)cc1C(=O)N[C@@H](C)CO. The van der Waals surface area contributed by atoms with Crippen LogP contribution < -0.4 is 5.32 Å². The average molecular weight is 245 g/mol. The number of aliphatic hydroxyl groups is 1. The zero-order valence-corrected chi connectivity index (χ0v) is 10.5. The zero-order valence-electron chi connectivity index (χ0n) is 9.70. The van der Waals surface area contributed by atoms with Crippen molar-refractivity contribution in [3.05, 3.63) is 23.0 Å². The Balaban J connectivity index is 2.90. The van der Waals surface area contributed by atoms with Gasteiger partial charge in [0, 0.05) is 18.3 Å². The van der Waals surface area contributed by atoms with Crippen LogP contribution in [0, 0.1) is 0 Å². The molecule has 16 heavy (non-hydrogen) atoms. The van der Waals surface area contributed by atoms with E-state index in [1.165, 1.54) is 0 Å². The molecule has 0 fully saturated rings. The molecule has 4 nitrogen and oxygen atoms in total. The Bertz CT molecular complexity index is 374. The van der Waals surface area contributed by atoms with Crippen molar-refractivity contribution >= 4 is 17.5 Å². The summed E-state index contributed by atoms with van der Waals surface area (Å²) in [6.45, 7) is 5.61. The fraction of sp³-hybridized carbons (Fsp3) is 0.545. The van der Waals surface area contributed by atoms with Crippen LogP contribution in [0.15, 0.2) is 12.3 Å². The summed E-state index contributed by atoms with van der Waals surface area (Å²) in [6.07, 6.45) is 1.73. The smallest absolute Gasteiger partial charge is 0.268 e. The van der Waals surface area contributed by atoms with Crippen LogP contribution in [0.2, 0.25) is 5.02 Å². The molecular formula is C11H17ClN2O2. The van der Waals surface area contributed by atoms with Crippen LogP contribution in [0.1, 0.15) is 37.3 Å². The maximum atomic E-state index is 11.9. The first-order chi connectivity index (χ1) is 7.45. The number of carbonyl (C=O) groups excluding carboxylic acids is 1. The minimum Gasteiger partial charge on any atom is -0.394 e. The van der Waals surface area contributed by atoms with Crippen LogP contribution in [0.4, 0.5) is 0 Å². The molecular weight excluding hydrogens is 228 g/mol. The van der Waals surface area contributed by atoms with Crippen LogP contribution in [0.5, 0.6) is 0 Å². The van der Waals surface area contributed by atoms with Crippen LogP contribution >= 0.6 is 11.6 Å². The molecule has 2 N–H and O–H groups in total. The van der Waals surface area contributed by atoms with Gasteiger partial charge in [0.25, 0.3) is 5.91 Å². The summed E-state index contributed by atoms with van der Waals surface area (Å²) in [7, 11) is 0. The van der Waals surface area contributed by atoms with Gasteiger partial charge in [0.2, 0.25) is 0 Å². The van der Waals surface area contributed by atoms with Gasteiger partial charge in [-0.2, -0.15) is 0 Å². The second-order valence-electron chi connectivity index (χ2n) is 4.10. The van der Waals surface area contributed by atoms with Gasteiger partial charge in [-0.1, -0.05) is 11.6 Å². The molecule has 90 valence electrons. The number of amides is 1. The Labute approximate surface area is 100 Å². The lowest BCUT2D eigenvalue weighted by atomic mass is 10.3. The molecule has 1 aromatic heterocycles. The quantitative estimate of drug-likeness (QED) is 0.849. The Morgan fingerprint density at radius 1 is 1.56 bits per heavy atom. The Morgan fingerprint density at radius 2 is 2.19 bits per heavy atom. The lowest BCUT2D eigenvalue weighted by molar-refractivity contribution is 0.0911. The fourth-order valence-electron chi connectivity index (χ4n) is 1.40. The topological polar surface area (TPSA) is 54.3 Å². The minimum atomic E-state index is -0.262. The lowest BCUT2D eigenvalue weighted by Crippen LogP contribution is -2.36. The molecule has 0 unspecified atom stereocenters. The summed E-state index contributed by atoms with van der Waals surface area (Å²) in [5, 5.41) is 12.1. The van der Waals surface area contributed by atoms with E-state index < -0.39 is 0 Å². The van der Waals surface area contributed by atoms with Crippen molar-refractivity contribution < 1.29 is 9.90 Å². The van der Waals surface area contributed by atoms with Crippen molar-refractivity contribution in [1.82, 2.24) is 9.88 Å². The third-order valence-corrected chi connectivity index (χ3v) is 2.46. The zero-order chi connectivity index (χ0) is 12.3. The van der Waals surface area contributed by atoms with Crippen molar-refractivity contribution in [2.75, 3.05) is 6.61 Å². The number of aliphatic hydroxyl groups excluding tert-OH is 1. The van der Waals surface area contributed by atoms with E-state index in [0.717, 1.165) is 0 Å². The predicted molar refractivity (Wildman–Crippen MR) is 63.8 cm³/mol. The molecule has 0 bridgehead atoms. The number of nitrogens with zero attached hydrogens (tertiary/aromatic N) is 1. The van der Waals surface area contributed by atoms with Gasteiger partial charge >= 0.3 is 0 Å². The third kappa shape index (κ3) is 3.00. The summed E-state index contributed by atoms with van der Waals surface area (Å²) >= 11 is 5.87. The van der Waals surface area contributed by atoms with Gasteiger partial charge in [-0.3, -0.25) is 4.79 Å². The first-order valence-corrected chi connectivity index (χ1v) is 5.62. The van der Waals surface area contributed by atoms with E-state index in [-0.39, 0.29) is 24.6 Å². The Kier molecular flexibility index (Phi) is 4.38. The largest absolute Gasteiger partial charge is 0.394 e. The van der Waals surface area contributed by atoms with Crippen molar-refractivity contribution in [2.45, 2.75) is 32.9 Å². The van der Waals surface area contributed by atoms with E-state index in [0.29, 0.717) is 10.7 Å². The van der Waals surface area contributed by atoms with Crippen LogP contribution in [-0.4, -0.2) is 28.2 Å². The highest BCUT2D eigenvalue weighted by molar-refractivity contribution is 6.31. The molecule has 5 heteroatoms. The monoisotopic (exact) mass is 244 g/mol. The highest BCUT2D eigenvalue weighted by Crippen LogP contribution is 2.18. The highest BCUT2D eigenvalue weighted by Gasteiger charge is 2.16. The average Bonchev–Trinajstić information content (AvgIpc) is 2.60.